The molecule has 0 aliphatic heterocycles. The highest BCUT2D eigenvalue weighted by Gasteiger charge is 2.47. The standard InChI is InChI=1S/C12H8N2.C8H5F3O2S.C4H11NO3/c1-3-9-5-6-10-4-2-8-14-12(10)11(9)13-7-1;9-4-6(12)8(10,11)7(13)5-2-1-3-14-5;5-4(1-6,2-7)3-8/h1-8H;1-3H,4H2;6-8H,1-3,5H2. The average molecular weight is 524 g/mol. The van der Waals surface area contributed by atoms with Crippen molar-refractivity contribution in [3.05, 3.63) is 71.2 Å². The summed E-state index contributed by atoms with van der Waals surface area (Å²) in [6.07, 6.45) is 3.60. The molecule has 12 heteroatoms. The van der Waals surface area contributed by atoms with E-state index in [0.717, 1.165) is 39.2 Å². The zero-order valence-corrected chi connectivity index (χ0v) is 19.7. The Kier molecular flexibility index (Phi) is 10.6. The first kappa shape index (κ1) is 28.9. The molecule has 0 radical (unpaired) electrons. The van der Waals surface area contributed by atoms with E-state index >= 15 is 0 Å². The van der Waals surface area contributed by atoms with Crippen LogP contribution in [0.4, 0.5) is 13.2 Å². The largest absolute Gasteiger partial charge is 0.394 e. The number of hydrogen-bond donors (Lipinski definition) is 4. The Morgan fingerprint density at radius 3 is 1.72 bits per heavy atom. The van der Waals surface area contributed by atoms with Gasteiger partial charge in [-0.05, 0) is 23.6 Å². The van der Waals surface area contributed by atoms with Crippen molar-refractivity contribution in [3.63, 3.8) is 0 Å². The minimum Gasteiger partial charge on any atom is -0.394 e. The van der Waals surface area contributed by atoms with Crippen LogP contribution >= 0.6 is 11.3 Å². The molecule has 4 rings (SSSR count). The van der Waals surface area contributed by atoms with E-state index < -0.39 is 49.5 Å². The number of halogens is 3. The summed E-state index contributed by atoms with van der Waals surface area (Å²) in [5, 5.41) is 28.7. The summed E-state index contributed by atoms with van der Waals surface area (Å²) in [5.74, 6) is -7.90. The molecule has 0 spiro atoms. The number of hydrogen-bond acceptors (Lipinski definition) is 9. The molecular weight excluding hydrogens is 499 g/mol. The minimum absolute atomic E-state index is 0.253. The molecule has 0 aliphatic rings. The predicted molar refractivity (Wildman–Crippen MR) is 130 cm³/mol. The van der Waals surface area contributed by atoms with Gasteiger partial charge in [-0.15, -0.1) is 11.3 Å². The quantitative estimate of drug-likeness (QED) is 0.164. The van der Waals surface area contributed by atoms with Crippen molar-refractivity contribution in [2.24, 2.45) is 5.73 Å². The lowest BCUT2D eigenvalue weighted by Gasteiger charge is -2.20. The first-order chi connectivity index (χ1) is 17.1. The molecule has 0 aliphatic carbocycles. The average Bonchev–Trinajstić information content (AvgIpc) is 3.47. The van der Waals surface area contributed by atoms with Crippen molar-refractivity contribution in [1.29, 1.82) is 0 Å². The molecule has 0 atom stereocenters. The molecule has 0 saturated carbocycles. The zero-order chi connectivity index (χ0) is 26.8. The molecule has 8 nitrogen and oxygen atoms in total. The van der Waals surface area contributed by atoms with Gasteiger partial charge in [-0.3, -0.25) is 19.6 Å². The number of carbonyl (C=O) groups is 2. The molecular formula is C24H24F3N3O5S. The number of nitrogens with two attached hydrogens (primary N) is 1. The van der Waals surface area contributed by atoms with E-state index in [1.165, 1.54) is 11.4 Å². The number of ketones is 2. The van der Waals surface area contributed by atoms with E-state index in [4.69, 9.17) is 21.1 Å². The monoisotopic (exact) mass is 523 g/mol. The second-order valence-corrected chi connectivity index (χ2v) is 8.44. The first-order valence-corrected chi connectivity index (χ1v) is 11.3. The zero-order valence-electron chi connectivity index (χ0n) is 18.9. The van der Waals surface area contributed by atoms with Crippen LogP contribution in [0.3, 0.4) is 0 Å². The highest BCUT2D eigenvalue weighted by Crippen LogP contribution is 2.24. The number of nitrogens with zero attached hydrogens (tertiary/aromatic N) is 2. The third kappa shape index (κ3) is 7.12. The Morgan fingerprint density at radius 2 is 1.36 bits per heavy atom. The third-order valence-electron chi connectivity index (χ3n) is 4.79. The topological polar surface area (TPSA) is 147 Å². The van der Waals surface area contributed by atoms with Gasteiger partial charge in [0.2, 0.25) is 11.6 Å². The molecule has 4 aromatic rings. The second kappa shape index (κ2) is 13.1. The highest BCUT2D eigenvalue weighted by molar-refractivity contribution is 7.12. The fourth-order valence-corrected chi connectivity index (χ4v) is 3.30. The number of alkyl halides is 3. The summed E-state index contributed by atoms with van der Waals surface area (Å²) in [6.45, 7) is -3.05. The Labute approximate surface area is 207 Å². The van der Waals surface area contributed by atoms with Crippen LogP contribution in [0.15, 0.2) is 66.3 Å². The lowest BCUT2D eigenvalue weighted by molar-refractivity contribution is -0.137. The van der Waals surface area contributed by atoms with Gasteiger partial charge in [0, 0.05) is 23.2 Å². The normalized spacial score (nSPS) is 11.3. The number of fused-ring (bicyclic) bond motifs is 3. The lowest BCUT2D eigenvalue weighted by atomic mass is 10.1. The highest BCUT2D eigenvalue weighted by atomic mass is 32.1. The number of benzene rings is 1. The van der Waals surface area contributed by atoms with Gasteiger partial charge in [-0.1, -0.05) is 30.3 Å². The van der Waals surface area contributed by atoms with Crippen LogP contribution in [0, 0.1) is 0 Å². The number of aromatic nitrogens is 2. The molecule has 3 aromatic heterocycles. The molecule has 0 saturated heterocycles. The van der Waals surface area contributed by atoms with E-state index in [0.29, 0.717) is 0 Å². The van der Waals surface area contributed by atoms with Crippen molar-refractivity contribution in [1.82, 2.24) is 9.97 Å². The van der Waals surface area contributed by atoms with Gasteiger partial charge in [-0.2, -0.15) is 8.78 Å². The minimum atomic E-state index is -4.25. The van der Waals surface area contributed by atoms with Crippen molar-refractivity contribution < 1.29 is 38.1 Å². The van der Waals surface area contributed by atoms with Gasteiger partial charge in [0.1, 0.15) is 0 Å². The van der Waals surface area contributed by atoms with Crippen LogP contribution in [-0.4, -0.2) is 74.8 Å². The first-order valence-electron chi connectivity index (χ1n) is 10.4. The maximum atomic E-state index is 12.8. The van der Waals surface area contributed by atoms with Gasteiger partial charge < -0.3 is 21.1 Å². The van der Waals surface area contributed by atoms with Crippen molar-refractivity contribution in [2.45, 2.75) is 11.5 Å². The Balaban J connectivity index is 0.000000199. The van der Waals surface area contributed by atoms with E-state index in [1.54, 1.807) is 12.4 Å². The molecule has 0 fully saturated rings. The maximum Gasteiger partial charge on any atom is 0.370 e. The molecule has 5 N–H and O–H groups in total. The van der Waals surface area contributed by atoms with Crippen LogP contribution in [0.1, 0.15) is 9.67 Å². The number of aliphatic hydroxyl groups excluding tert-OH is 3. The van der Waals surface area contributed by atoms with Crippen LogP contribution in [0.5, 0.6) is 0 Å². The number of rotatable bonds is 7. The van der Waals surface area contributed by atoms with Gasteiger partial charge in [0.05, 0.1) is 41.3 Å². The van der Waals surface area contributed by atoms with Crippen molar-refractivity contribution in [2.75, 3.05) is 26.5 Å². The molecule has 0 unspecified atom stereocenters. The fourth-order valence-electron chi connectivity index (χ4n) is 2.60. The number of thiophene rings is 1. The number of carbonyl (C=O) groups excluding carboxylic acids is 2. The Morgan fingerprint density at radius 1 is 0.861 bits per heavy atom. The molecule has 36 heavy (non-hydrogen) atoms. The summed E-state index contributed by atoms with van der Waals surface area (Å²) in [4.78, 5) is 29.9. The SMILES string of the molecule is NC(CO)(CO)CO.O=C(CF)C(F)(F)C(=O)c1cccs1.c1cnc2c(c1)ccc1cccnc12. The van der Waals surface area contributed by atoms with Crippen LogP contribution in [-0.2, 0) is 4.79 Å². The predicted octanol–water partition coefficient (Wildman–Crippen LogP) is 2.55. The maximum absolute atomic E-state index is 12.8. The van der Waals surface area contributed by atoms with Gasteiger partial charge in [0.15, 0.2) is 6.67 Å². The van der Waals surface area contributed by atoms with Crippen LogP contribution in [0.25, 0.3) is 21.8 Å². The van der Waals surface area contributed by atoms with E-state index in [-0.39, 0.29) is 4.88 Å². The molecule has 1 aromatic carbocycles. The summed E-state index contributed by atoms with van der Waals surface area (Å²) in [6, 6.07) is 14.7. The third-order valence-corrected chi connectivity index (χ3v) is 5.66. The van der Waals surface area contributed by atoms with Crippen LogP contribution in [0.2, 0.25) is 0 Å². The fraction of sp³-hybridized carbons (Fsp3) is 0.250. The molecule has 0 bridgehead atoms. The smallest absolute Gasteiger partial charge is 0.370 e. The van der Waals surface area contributed by atoms with Gasteiger partial charge in [-0.25, -0.2) is 4.39 Å². The summed E-state index contributed by atoms with van der Waals surface area (Å²) in [5.41, 5.74) is 5.89. The Bertz CT molecular complexity index is 1220. The Hall–Kier alpha value is -3.29. The van der Waals surface area contributed by atoms with Crippen molar-refractivity contribution in [3.8, 4) is 0 Å². The molecule has 192 valence electrons. The molecule has 3 heterocycles. The number of pyridine rings is 2. The van der Waals surface area contributed by atoms with E-state index in [9.17, 15) is 22.8 Å². The second-order valence-electron chi connectivity index (χ2n) is 7.49. The van der Waals surface area contributed by atoms with Gasteiger partial charge in [0.25, 0.3) is 0 Å². The summed E-state index contributed by atoms with van der Waals surface area (Å²) >= 11 is 0.782. The van der Waals surface area contributed by atoms with Crippen molar-refractivity contribution >= 4 is 44.7 Å². The van der Waals surface area contributed by atoms with Crippen LogP contribution < -0.4 is 5.73 Å². The van der Waals surface area contributed by atoms with E-state index in [1.807, 2.05) is 12.1 Å². The number of Topliss-reactive ketones (excluding diaryl/α,β-unsaturated/α-hetero) is 2. The summed E-state index contributed by atoms with van der Waals surface area (Å²) in [7, 11) is 0. The van der Waals surface area contributed by atoms with Gasteiger partial charge >= 0.3 is 5.92 Å². The number of aliphatic hydroxyl groups is 3. The van der Waals surface area contributed by atoms with E-state index in [2.05, 4.69) is 34.2 Å². The summed E-state index contributed by atoms with van der Waals surface area (Å²) < 4.78 is 37.4. The lowest BCUT2D eigenvalue weighted by Crippen LogP contribution is -2.50. The molecule has 0 amide bonds.